The SMILES string of the molecule is CCCOc1nc(Cl)nc(-c2cnn(C)c2)n1. The highest BCUT2D eigenvalue weighted by Crippen LogP contribution is 2.17. The lowest BCUT2D eigenvalue weighted by Gasteiger charge is -2.03. The van der Waals surface area contributed by atoms with E-state index in [1.165, 1.54) is 0 Å². The number of nitrogens with zero attached hydrogens (tertiary/aromatic N) is 5. The molecule has 2 aromatic rings. The Morgan fingerprint density at radius 1 is 1.35 bits per heavy atom. The molecule has 0 saturated carbocycles. The van der Waals surface area contributed by atoms with E-state index in [2.05, 4.69) is 20.1 Å². The summed E-state index contributed by atoms with van der Waals surface area (Å²) in [5, 5.41) is 4.16. The van der Waals surface area contributed by atoms with Crippen molar-refractivity contribution in [1.82, 2.24) is 24.7 Å². The lowest BCUT2D eigenvalue weighted by molar-refractivity contribution is 0.291. The van der Waals surface area contributed by atoms with Crippen LogP contribution in [0.25, 0.3) is 11.4 Å². The highest BCUT2D eigenvalue weighted by molar-refractivity contribution is 6.28. The maximum absolute atomic E-state index is 5.82. The Hall–Kier alpha value is -1.69. The summed E-state index contributed by atoms with van der Waals surface area (Å²) in [5.41, 5.74) is 0.776. The number of aryl methyl sites for hydroxylation is 1. The van der Waals surface area contributed by atoms with Crippen molar-refractivity contribution >= 4 is 11.6 Å². The summed E-state index contributed by atoms with van der Waals surface area (Å²) in [5.74, 6) is 0.462. The quantitative estimate of drug-likeness (QED) is 0.830. The van der Waals surface area contributed by atoms with Crippen LogP contribution in [-0.4, -0.2) is 31.3 Å². The number of halogens is 1. The fraction of sp³-hybridized carbons (Fsp3) is 0.400. The van der Waals surface area contributed by atoms with Crippen LogP contribution in [0.5, 0.6) is 6.01 Å². The van der Waals surface area contributed by atoms with E-state index in [1.807, 2.05) is 14.0 Å². The van der Waals surface area contributed by atoms with Crippen LogP contribution in [0.4, 0.5) is 0 Å². The number of rotatable bonds is 4. The van der Waals surface area contributed by atoms with E-state index < -0.39 is 0 Å². The summed E-state index contributed by atoms with van der Waals surface area (Å²) in [6.07, 6.45) is 4.34. The monoisotopic (exact) mass is 253 g/mol. The number of hydrogen-bond acceptors (Lipinski definition) is 5. The predicted octanol–water partition coefficient (Wildman–Crippen LogP) is 1.71. The van der Waals surface area contributed by atoms with Gasteiger partial charge in [-0.1, -0.05) is 6.92 Å². The summed E-state index contributed by atoms with van der Waals surface area (Å²) in [6.45, 7) is 2.55. The van der Waals surface area contributed by atoms with Crippen molar-refractivity contribution in [3.63, 3.8) is 0 Å². The molecule has 0 radical (unpaired) electrons. The minimum atomic E-state index is 0.116. The summed E-state index contributed by atoms with van der Waals surface area (Å²) in [7, 11) is 1.82. The second kappa shape index (κ2) is 5.09. The zero-order chi connectivity index (χ0) is 12.3. The zero-order valence-corrected chi connectivity index (χ0v) is 10.3. The largest absolute Gasteiger partial charge is 0.463 e. The molecule has 0 aromatic carbocycles. The van der Waals surface area contributed by atoms with Crippen molar-refractivity contribution in [3.05, 3.63) is 17.7 Å². The maximum Gasteiger partial charge on any atom is 0.321 e. The molecular weight excluding hydrogens is 242 g/mol. The lowest BCUT2D eigenvalue weighted by Crippen LogP contribution is -2.02. The van der Waals surface area contributed by atoms with E-state index in [4.69, 9.17) is 16.3 Å². The summed E-state index contributed by atoms with van der Waals surface area (Å²) < 4.78 is 7.00. The van der Waals surface area contributed by atoms with E-state index in [0.29, 0.717) is 12.4 Å². The average molecular weight is 254 g/mol. The highest BCUT2D eigenvalue weighted by atomic mass is 35.5. The Labute approximate surface area is 104 Å². The fourth-order valence-corrected chi connectivity index (χ4v) is 1.41. The molecule has 0 N–H and O–H groups in total. The van der Waals surface area contributed by atoms with Crippen molar-refractivity contribution in [2.24, 2.45) is 7.05 Å². The number of ether oxygens (including phenoxy) is 1. The van der Waals surface area contributed by atoms with Crippen molar-refractivity contribution < 1.29 is 4.74 Å². The molecule has 17 heavy (non-hydrogen) atoms. The minimum absolute atomic E-state index is 0.116. The van der Waals surface area contributed by atoms with Crippen LogP contribution < -0.4 is 4.74 Å². The summed E-state index contributed by atoms with van der Waals surface area (Å²) in [4.78, 5) is 12.1. The van der Waals surface area contributed by atoms with E-state index in [-0.39, 0.29) is 11.3 Å². The second-order valence-electron chi connectivity index (χ2n) is 3.46. The molecule has 2 rings (SSSR count). The van der Waals surface area contributed by atoms with Crippen LogP contribution in [0.3, 0.4) is 0 Å². The average Bonchev–Trinajstić information content (AvgIpc) is 2.72. The predicted molar refractivity (Wildman–Crippen MR) is 62.8 cm³/mol. The minimum Gasteiger partial charge on any atom is -0.463 e. The van der Waals surface area contributed by atoms with Gasteiger partial charge in [-0.2, -0.15) is 20.1 Å². The molecule has 0 bridgehead atoms. The van der Waals surface area contributed by atoms with Gasteiger partial charge in [0.25, 0.3) is 0 Å². The molecule has 90 valence electrons. The molecule has 0 amide bonds. The smallest absolute Gasteiger partial charge is 0.321 e. The normalized spacial score (nSPS) is 10.5. The van der Waals surface area contributed by atoms with Gasteiger partial charge in [0.15, 0.2) is 5.82 Å². The van der Waals surface area contributed by atoms with Gasteiger partial charge in [-0.15, -0.1) is 0 Å². The molecular formula is C10H12ClN5O. The van der Waals surface area contributed by atoms with Crippen molar-refractivity contribution in [1.29, 1.82) is 0 Å². The molecule has 2 aromatic heterocycles. The molecule has 0 aliphatic carbocycles. The van der Waals surface area contributed by atoms with Crippen molar-refractivity contribution in [3.8, 4) is 17.4 Å². The van der Waals surface area contributed by atoms with Gasteiger partial charge in [0, 0.05) is 13.2 Å². The van der Waals surface area contributed by atoms with Gasteiger partial charge in [0.2, 0.25) is 5.28 Å². The Morgan fingerprint density at radius 3 is 2.82 bits per heavy atom. The Morgan fingerprint density at radius 2 is 2.18 bits per heavy atom. The third kappa shape index (κ3) is 2.91. The van der Waals surface area contributed by atoms with Crippen molar-refractivity contribution in [2.75, 3.05) is 6.61 Å². The summed E-state index contributed by atoms with van der Waals surface area (Å²) in [6, 6.07) is 0.241. The van der Waals surface area contributed by atoms with E-state index in [9.17, 15) is 0 Å². The molecule has 0 aliphatic heterocycles. The third-order valence-electron chi connectivity index (χ3n) is 1.99. The van der Waals surface area contributed by atoms with E-state index in [1.54, 1.807) is 17.1 Å². The molecule has 6 nitrogen and oxygen atoms in total. The van der Waals surface area contributed by atoms with Crippen LogP contribution in [0.15, 0.2) is 12.4 Å². The molecule has 0 fully saturated rings. The van der Waals surface area contributed by atoms with Gasteiger partial charge in [-0.3, -0.25) is 4.68 Å². The Kier molecular flexibility index (Phi) is 3.53. The summed E-state index contributed by atoms with van der Waals surface area (Å²) >= 11 is 5.82. The van der Waals surface area contributed by atoms with Crippen LogP contribution in [0.1, 0.15) is 13.3 Å². The topological polar surface area (TPSA) is 65.7 Å². The van der Waals surface area contributed by atoms with E-state index >= 15 is 0 Å². The molecule has 2 heterocycles. The number of aromatic nitrogens is 5. The maximum atomic E-state index is 5.82. The van der Waals surface area contributed by atoms with Gasteiger partial charge < -0.3 is 4.74 Å². The molecule has 0 aliphatic rings. The highest BCUT2D eigenvalue weighted by Gasteiger charge is 2.09. The lowest BCUT2D eigenvalue weighted by atomic mass is 10.3. The van der Waals surface area contributed by atoms with Gasteiger partial charge in [-0.25, -0.2) is 0 Å². The van der Waals surface area contributed by atoms with Gasteiger partial charge in [-0.05, 0) is 18.0 Å². The second-order valence-corrected chi connectivity index (χ2v) is 3.80. The zero-order valence-electron chi connectivity index (χ0n) is 9.59. The van der Waals surface area contributed by atoms with Gasteiger partial charge >= 0.3 is 6.01 Å². The van der Waals surface area contributed by atoms with Crippen molar-refractivity contribution in [2.45, 2.75) is 13.3 Å². The van der Waals surface area contributed by atoms with Crippen LogP contribution in [0, 0.1) is 0 Å². The molecule has 0 spiro atoms. The fourth-order valence-electron chi connectivity index (χ4n) is 1.26. The van der Waals surface area contributed by atoms with Crippen LogP contribution in [0.2, 0.25) is 5.28 Å². The number of hydrogen-bond donors (Lipinski definition) is 0. The van der Waals surface area contributed by atoms with Gasteiger partial charge in [0.05, 0.1) is 18.4 Å². The molecule has 7 heteroatoms. The molecule has 0 unspecified atom stereocenters. The van der Waals surface area contributed by atoms with E-state index in [0.717, 1.165) is 12.0 Å². The Balaban J connectivity index is 2.31. The van der Waals surface area contributed by atoms with Crippen LogP contribution in [-0.2, 0) is 7.05 Å². The first kappa shape index (κ1) is 11.8. The first-order valence-corrected chi connectivity index (χ1v) is 5.60. The Bertz CT molecular complexity index is 513. The molecule has 0 atom stereocenters. The molecule has 0 saturated heterocycles. The standard InChI is InChI=1S/C10H12ClN5O/c1-3-4-17-10-14-8(13-9(11)15-10)7-5-12-16(2)6-7/h5-6H,3-4H2,1-2H3. The van der Waals surface area contributed by atoms with Crippen LogP contribution >= 0.6 is 11.6 Å². The third-order valence-corrected chi connectivity index (χ3v) is 2.15. The first-order chi connectivity index (χ1) is 8.19. The van der Waals surface area contributed by atoms with Gasteiger partial charge in [0.1, 0.15) is 0 Å². The first-order valence-electron chi connectivity index (χ1n) is 5.22.